The highest BCUT2D eigenvalue weighted by atomic mass is 19.4. The van der Waals surface area contributed by atoms with Crippen molar-refractivity contribution in [3.05, 3.63) is 23.1 Å². The van der Waals surface area contributed by atoms with Crippen molar-refractivity contribution in [3.63, 3.8) is 0 Å². The second kappa shape index (κ2) is 2.86. The summed E-state index contributed by atoms with van der Waals surface area (Å²) in [6.45, 7) is 1.13. The third-order valence-electron chi connectivity index (χ3n) is 1.45. The molecule has 2 N–H and O–H groups in total. The fourth-order valence-electron chi connectivity index (χ4n) is 0.887. The Kier molecular flexibility index (Phi) is 2.15. The summed E-state index contributed by atoms with van der Waals surface area (Å²) in [5, 5.41) is 0. The molecule has 0 aliphatic heterocycles. The maximum Gasteiger partial charge on any atom is 0.419 e. The molecule has 72 valence electrons. The molecule has 0 saturated heterocycles. The molecule has 0 radical (unpaired) electrons. The van der Waals surface area contributed by atoms with Gasteiger partial charge in [0.25, 0.3) is 0 Å². The van der Waals surface area contributed by atoms with Crippen molar-refractivity contribution in [1.29, 1.82) is 0 Å². The van der Waals surface area contributed by atoms with Gasteiger partial charge >= 0.3 is 6.18 Å². The number of aryl methyl sites for hydroxylation is 1. The number of halogens is 4. The fourth-order valence-corrected chi connectivity index (χ4v) is 0.887. The first-order chi connectivity index (χ1) is 5.82. The van der Waals surface area contributed by atoms with Crippen molar-refractivity contribution in [2.24, 2.45) is 0 Å². The van der Waals surface area contributed by atoms with E-state index in [0.29, 0.717) is 6.07 Å². The minimum Gasteiger partial charge on any atom is -0.384 e. The summed E-state index contributed by atoms with van der Waals surface area (Å²) in [7, 11) is 0. The van der Waals surface area contributed by atoms with Crippen molar-refractivity contribution in [2.75, 3.05) is 5.73 Å². The van der Waals surface area contributed by atoms with E-state index in [-0.39, 0.29) is 11.5 Å². The van der Waals surface area contributed by atoms with E-state index in [0.717, 1.165) is 6.92 Å². The van der Waals surface area contributed by atoms with E-state index < -0.39 is 17.6 Å². The van der Waals surface area contributed by atoms with Gasteiger partial charge in [-0.15, -0.1) is 0 Å². The number of nitrogens with zero attached hydrogens (tertiary/aromatic N) is 1. The molecule has 0 fully saturated rings. The maximum atomic E-state index is 12.8. The van der Waals surface area contributed by atoms with Crippen LogP contribution in [0.1, 0.15) is 11.3 Å². The summed E-state index contributed by atoms with van der Waals surface area (Å²) in [4.78, 5) is 3.35. The Morgan fingerprint density at radius 1 is 1.38 bits per heavy atom. The molecule has 0 bridgehead atoms. The molecule has 0 aliphatic rings. The third kappa shape index (κ3) is 1.88. The standard InChI is InChI=1S/C7H6F4N2/c1-3-6(8)4(7(9,10)11)2-5(12)13-3/h2H,1H3,(H2,12,13). The zero-order valence-electron chi connectivity index (χ0n) is 6.61. The normalized spacial score (nSPS) is 11.8. The van der Waals surface area contributed by atoms with Crippen molar-refractivity contribution in [3.8, 4) is 0 Å². The Hall–Kier alpha value is -1.33. The molecule has 0 spiro atoms. The number of nitrogen functional groups attached to an aromatic ring is 1. The minimum atomic E-state index is -4.73. The summed E-state index contributed by atoms with van der Waals surface area (Å²) in [5.41, 5.74) is 3.32. The van der Waals surface area contributed by atoms with Gasteiger partial charge in [-0.1, -0.05) is 0 Å². The lowest BCUT2D eigenvalue weighted by molar-refractivity contribution is -0.140. The summed E-state index contributed by atoms with van der Waals surface area (Å²) >= 11 is 0. The van der Waals surface area contributed by atoms with Crippen LogP contribution in [0.25, 0.3) is 0 Å². The van der Waals surface area contributed by atoms with E-state index in [4.69, 9.17) is 5.73 Å². The van der Waals surface area contributed by atoms with E-state index in [1.165, 1.54) is 0 Å². The molecule has 2 nitrogen and oxygen atoms in total. The molecule has 1 heterocycles. The van der Waals surface area contributed by atoms with Crippen LogP contribution in [-0.2, 0) is 6.18 Å². The van der Waals surface area contributed by atoms with Crippen LogP contribution in [0.3, 0.4) is 0 Å². The van der Waals surface area contributed by atoms with E-state index in [9.17, 15) is 17.6 Å². The Bertz CT molecular complexity index is 332. The quantitative estimate of drug-likeness (QED) is 0.642. The molecule has 0 aromatic carbocycles. The van der Waals surface area contributed by atoms with Gasteiger partial charge in [-0.3, -0.25) is 0 Å². The van der Waals surface area contributed by atoms with Gasteiger partial charge in [0, 0.05) is 0 Å². The number of hydrogen-bond acceptors (Lipinski definition) is 2. The molecule has 0 amide bonds. The van der Waals surface area contributed by atoms with Gasteiger partial charge in [-0.2, -0.15) is 13.2 Å². The average Bonchev–Trinajstić information content (AvgIpc) is 1.94. The Balaban J connectivity index is 3.37. The molecule has 6 heteroatoms. The van der Waals surface area contributed by atoms with Crippen LogP contribution in [-0.4, -0.2) is 4.98 Å². The monoisotopic (exact) mass is 194 g/mol. The molecule has 13 heavy (non-hydrogen) atoms. The van der Waals surface area contributed by atoms with Crippen molar-refractivity contribution >= 4 is 5.82 Å². The summed E-state index contributed by atoms with van der Waals surface area (Å²) in [5.74, 6) is -1.71. The second-order valence-corrected chi connectivity index (χ2v) is 2.49. The molecular weight excluding hydrogens is 188 g/mol. The molecule has 0 atom stereocenters. The molecule has 1 aromatic rings. The highest BCUT2D eigenvalue weighted by Crippen LogP contribution is 2.32. The van der Waals surface area contributed by atoms with Crippen LogP contribution in [0, 0.1) is 12.7 Å². The smallest absolute Gasteiger partial charge is 0.384 e. The number of anilines is 1. The molecule has 0 saturated carbocycles. The predicted molar refractivity (Wildman–Crippen MR) is 38.3 cm³/mol. The maximum absolute atomic E-state index is 12.8. The lowest BCUT2D eigenvalue weighted by Gasteiger charge is -2.09. The molecule has 0 unspecified atom stereocenters. The highest BCUT2D eigenvalue weighted by Gasteiger charge is 2.35. The van der Waals surface area contributed by atoms with Gasteiger partial charge in [0.15, 0.2) is 5.82 Å². The molecule has 1 rings (SSSR count). The SMILES string of the molecule is Cc1nc(N)cc(C(F)(F)F)c1F. The van der Waals surface area contributed by atoms with Gasteiger partial charge in [0.05, 0.1) is 11.3 Å². The number of alkyl halides is 3. The zero-order valence-corrected chi connectivity index (χ0v) is 6.61. The minimum absolute atomic E-state index is 0.341. The first-order valence-electron chi connectivity index (χ1n) is 3.32. The van der Waals surface area contributed by atoms with Gasteiger partial charge in [-0.05, 0) is 13.0 Å². The number of pyridine rings is 1. The first-order valence-corrected chi connectivity index (χ1v) is 3.32. The van der Waals surface area contributed by atoms with Gasteiger partial charge < -0.3 is 5.73 Å². The number of aromatic nitrogens is 1. The van der Waals surface area contributed by atoms with E-state index in [1.54, 1.807) is 0 Å². The largest absolute Gasteiger partial charge is 0.419 e. The fraction of sp³-hybridized carbons (Fsp3) is 0.286. The topological polar surface area (TPSA) is 38.9 Å². The predicted octanol–water partition coefficient (Wildman–Crippen LogP) is 2.13. The van der Waals surface area contributed by atoms with Crippen LogP contribution in [0.15, 0.2) is 6.07 Å². The van der Waals surface area contributed by atoms with E-state index >= 15 is 0 Å². The summed E-state index contributed by atoms with van der Waals surface area (Å²) in [6.07, 6.45) is -4.73. The van der Waals surface area contributed by atoms with Crippen molar-refractivity contribution < 1.29 is 17.6 Å². The van der Waals surface area contributed by atoms with Crippen molar-refractivity contribution in [1.82, 2.24) is 4.98 Å². The van der Waals surface area contributed by atoms with Crippen molar-refractivity contribution in [2.45, 2.75) is 13.1 Å². The highest BCUT2D eigenvalue weighted by molar-refractivity contribution is 5.37. The van der Waals surface area contributed by atoms with Crippen LogP contribution in [0.5, 0.6) is 0 Å². The Morgan fingerprint density at radius 2 is 1.92 bits per heavy atom. The van der Waals surface area contributed by atoms with Crippen LogP contribution >= 0.6 is 0 Å². The Labute approximate surface area is 71.4 Å². The first kappa shape index (κ1) is 9.76. The molecule has 0 aliphatic carbocycles. The Morgan fingerprint density at radius 3 is 2.38 bits per heavy atom. The van der Waals surface area contributed by atoms with Gasteiger partial charge in [-0.25, -0.2) is 9.37 Å². The lowest BCUT2D eigenvalue weighted by Crippen LogP contribution is -2.11. The summed E-state index contributed by atoms with van der Waals surface area (Å²) < 4.78 is 49.1. The summed E-state index contributed by atoms with van der Waals surface area (Å²) in [6, 6.07) is 0.475. The zero-order chi connectivity index (χ0) is 10.2. The number of nitrogens with two attached hydrogens (primary N) is 1. The number of hydrogen-bond donors (Lipinski definition) is 1. The van der Waals surface area contributed by atoms with E-state index in [1.807, 2.05) is 0 Å². The van der Waals surface area contributed by atoms with E-state index in [2.05, 4.69) is 4.98 Å². The lowest BCUT2D eigenvalue weighted by atomic mass is 10.2. The third-order valence-corrected chi connectivity index (χ3v) is 1.45. The van der Waals surface area contributed by atoms with Crippen LogP contribution < -0.4 is 5.73 Å². The van der Waals surface area contributed by atoms with Gasteiger partial charge in [0.1, 0.15) is 5.82 Å². The molecular formula is C7H6F4N2. The van der Waals surface area contributed by atoms with Crippen LogP contribution in [0.2, 0.25) is 0 Å². The van der Waals surface area contributed by atoms with Gasteiger partial charge in [0.2, 0.25) is 0 Å². The number of rotatable bonds is 0. The second-order valence-electron chi connectivity index (χ2n) is 2.49. The average molecular weight is 194 g/mol. The molecule has 1 aromatic heterocycles. The van der Waals surface area contributed by atoms with Crippen LogP contribution in [0.4, 0.5) is 23.4 Å².